The number of imidazole rings is 1. The number of hydrogen-bond acceptors (Lipinski definition) is 3. The zero-order valence-corrected chi connectivity index (χ0v) is 10.2. The normalized spacial score (nSPS) is 13.0. The summed E-state index contributed by atoms with van der Waals surface area (Å²) in [5.74, 6) is 0.401. The molecule has 0 saturated carbocycles. The molecule has 0 atom stereocenters. The molecule has 0 fully saturated rings. The van der Waals surface area contributed by atoms with Gasteiger partial charge in [-0.2, -0.15) is 0 Å². The topological polar surface area (TPSA) is 74.8 Å². The molecule has 0 unspecified atom stereocenters. The summed E-state index contributed by atoms with van der Waals surface area (Å²) in [5.41, 5.74) is -0.564. The average Bonchev–Trinajstić information content (AvgIpc) is 2.52. The highest BCUT2D eigenvalue weighted by Gasteiger charge is 2.26. The van der Waals surface area contributed by atoms with E-state index >= 15 is 0 Å². The van der Waals surface area contributed by atoms with E-state index in [1.54, 1.807) is 13.8 Å². The second kappa shape index (κ2) is 4.51. The molecule has 0 amide bonds. The van der Waals surface area contributed by atoms with Crippen LogP contribution in [0.5, 0.6) is 0 Å². The fourth-order valence-corrected chi connectivity index (χ4v) is 2.92. The summed E-state index contributed by atoms with van der Waals surface area (Å²) < 4.78 is 26.1. The van der Waals surface area contributed by atoms with E-state index in [1.807, 2.05) is 0 Å². The Labute approximate surface area is 94.3 Å². The van der Waals surface area contributed by atoms with Gasteiger partial charge in [-0.05, 0) is 20.3 Å². The van der Waals surface area contributed by atoms with E-state index in [9.17, 15) is 8.42 Å². The number of H-pyrrole nitrogens is 1. The average molecular weight is 252 g/mol. The fraction of sp³-hybridized carbons (Fsp3) is 0.625. The summed E-state index contributed by atoms with van der Waals surface area (Å²) in [6.45, 7) is 3.56. The standard InChI is InChI=1S/C8H14ClN3O2S/c1-8(2,3-4-9)12-15(13,14)7-5-10-6-11-7/h5-6,12H,3-4H2,1-2H3,(H,10,11). The zero-order chi connectivity index (χ0) is 11.5. The molecule has 0 bridgehead atoms. The molecule has 0 spiro atoms. The van der Waals surface area contributed by atoms with Crippen molar-refractivity contribution in [1.82, 2.24) is 14.7 Å². The lowest BCUT2D eigenvalue weighted by molar-refractivity contribution is 0.440. The molecule has 1 aromatic rings. The van der Waals surface area contributed by atoms with Crippen LogP contribution in [0.25, 0.3) is 0 Å². The van der Waals surface area contributed by atoms with E-state index in [2.05, 4.69) is 14.7 Å². The smallest absolute Gasteiger partial charge is 0.258 e. The molecule has 0 aromatic carbocycles. The van der Waals surface area contributed by atoms with Crippen molar-refractivity contribution in [1.29, 1.82) is 0 Å². The summed E-state index contributed by atoms with van der Waals surface area (Å²) >= 11 is 5.58. The quantitative estimate of drug-likeness (QED) is 0.770. The Morgan fingerprint density at radius 2 is 2.27 bits per heavy atom. The number of nitrogens with one attached hydrogen (secondary N) is 2. The minimum Gasteiger partial charge on any atom is -0.335 e. The molecule has 1 heterocycles. The van der Waals surface area contributed by atoms with Crippen LogP contribution in [0.4, 0.5) is 0 Å². The van der Waals surface area contributed by atoms with E-state index in [4.69, 9.17) is 11.6 Å². The van der Waals surface area contributed by atoms with Crippen molar-refractivity contribution in [3.63, 3.8) is 0 Å². The monoisotopic (exact) mass is 251 g/mol. The minimum atomic E-state index is -3.52. The Bertz CT molecular complexity index is 400. The molecule has 0 radical (unpaired) electrons. The maximum atomic E-state index is 11.8. The minimum absolute atomic E-state index is 0.0603. The first-order valence-electron chi connectivity index (χ1n) is 4.46. The number of aromatic amines is 1. The lowest BCUT2D eigenvalue weighted by Gasteiger charge is -2.24. The fourth-order valence-electron chi connectivity index (χ4n) is 1.10. The predicted molar refractivity (Wildman–Crippen MR) is 58.3 cm³/mol. The molecule has 15 heavy (non-hydrogen) atoms. The first-order chi connectivity index (χ1) is 6.87. The van der Waals surface area contributed by atoms with Crippen LogP contribution >= 0.6 is 11.6 Å². The summed E-state index contributed by atoms with van der Waals surface area (Å²) in [6.07, 6.45) is 3.14. The molecule has 0 aliphatic carbocycles. The van der Waals surface area contributed by atoms with Gasteiger partial charge in [0.15, 0.2) is 5.03 Å². The van der Waals surface area contributed by atoms with Crippen molar-refractivity contribution in [3.8, 4) is 0 Å². The number of halogens is 1. The van der Waals surface area contributed by atoms with Gasteiger partial charge in [-0.1, -0.05) is 0 Å². The predicted octanol–water partition coefficient (Wildman–Crippen LogP) is 1.10. The number of aromatic nitrogens is 2. The molecule has 1 rings (SSSR count). The van der Waals surface area contributed by atoms with Crippen molar-refractivity contribution >= 4 is 21.6 Å². The third-order valence-electron chi connectivity index (χ3n) is 1.89. The summed E-state index contributed by atoms with van der Waals surface area (Å²) in [4.78, 5) is 6.21. The Hall–Kier alpha value is -0.590. The molecule has 1 aromatic heterocycles. The van der Waals surface area contributed by atoms with Crippen LogP contribution in [0.1, 0.15) is 20.3 Å². The van der Waals surface area contributed by atoms with Gasteiger partial charge in [-0.25, -0.2) is 18.1 Å². The van der Waals surface area contributed by atoms with Gasteiger partial charge in [0.1, 0.15) is 0 Å². The van der Waals surface area contributed by atoms with E-state index in [1.165, 1.54) is 12.5 Å². The van der Waals surface area contributed by atoms with Crippen molar-refractivity contribution in [2.24, 2.45) is 0 Å². The highest BCUT2D eigenvalue weighted by molar-refractivity contribution is 7.89. The molecule has 0 aliphatic rings. The third kappa shape index (κ3) is 3.48. The first kappa shape index (κ1) is 12.5. The van der Waals surface area contributed by atoms with Crippen LogP contribution in [-0.2, 0) is 10.0 Å². The molecule has 7 heteroatoms. The SMILES string of the molecule is CC(C)(CCCl)NS(=O)(=O)c1cnc[nH]1. The molecule has 5 nitrogen and oxygen atoms in total. The molecule has 2 N–H and O–H groups in total. The number of alkyl halides is 1. The van der Waals surface area contributed by atoms with Gasteiger partial charge >= 0.3 is 0 Å². The van der Waals surface area contributed by atoms with Gasteiger partial charge in [0.05, 0.1) is 12.5 Å². The van der Waals surface area contributed by atoms with Crippen LogP contribution in [0.3, 0.4) is 0 Å². The van der Waals surface area contributed by atoms with Crippen molar-refractivity contribution in [3.05, 3.63) is 12.5 Å². The van der Waals surface area contributed by atoms with Crippen LogP contribution in [-0.4, -0.2) is 29.8 Å². The van der Waals surface area contributed by atoms with Gasteiger partial charge in [0.25, 0.3) is 10.0 Å². The van der Waals surface area contributed by atoms with Crippen molar-refractivity contribution in [2.75, 3.05) is 5.88 Å². The van der Waals surface area contributed by atoms with Crippen LogP contribution in [0.2, 0.25) is 0 Å². The number of sulfonamides is 1. The van der Waals surface area contributed by atoms with E-state index in [0.29, 0.717) is 12.3 Å². The van der Waals surface area contributed by atoms with Gasteiger partial charge in [0, 0.05) is 11.4 Å². The van der Waals surface area contributed by atoms with Gasteiger partial charge in [-0.15, -0.1) is 11.6 Å². The zero-order valence-electron chi connectivity index (χ0n) is 8.62. The second-order valence-corrected chi connectivity index (χ2v) is 5.87. The maximum Gasteiger partial charge on any atom is 0.258 e. The summed E-state index contributed by atoms with van der Waals surface area (Å²) in [6, 6.07) is 0. The molecule has 86 valence electrons. The Morgan fingerprint density at radius 1 is 1.60 bits per heavy atom. The van der Waals surface area contributed by atoms with E-state index in [-0.39, 0.29) is 5.03 Å². The second-order valence-electron chi connectivity index (χ2n) is 3.84. The van der Waals surface area contributed by atoms with E-state index < -0.39 is 15.6 Å². The molecule has 0 saturated heterocycles. The Balaban J connectivity index is 2.82. The summed E-state index contributed by atoms with van der Waals surface area (Å²) in [5, 5.41) is 0.0603. The van der Waals surface area contributed by atoms with Gasteiger partial charge in [0.2, 0.25) is 0 Å². The summed E-state index contributed by atoms with van der Waals surface area (Å²) in [7, 11) is -3.52. The first-order valence-corrected chi connectivity index (χ1v) is 6.47. The lowest BCUT2D eigenvalue weighted by atomic mass is 10.0. The molecular formula is C8H14ClN3O2S. The van der Waals surface area contributed by atoms with Crippen molar-refractivity contribution in [2.45, 2.75) is 30.8 Å². The number of rotatable bonds is 5. The van der Waals surface area contributed by atoms with Crippen LogP contribution in [0, 0.1) is 0 Å². The third-order valence-corrected chi connectivity index (χ3v) is 3.71. The number of nitrogens with zero attached hydrogens (tertiary/aromatic N) is 1. The number of hydrogen-bond donors (Lipinski definition) is 2. The lowest BCUT2D eigenvalue weighted by Crippen LogP contribution is -2.43. The van der Waals surface area contributed by atoms with Gasteiger partial charge in [-0.3, -0.25) is 0 Å². The van der Waals surface area contributed by atoms with Crippen LogP contribution < -0.4 is 4.72 Å². The van der Waals surface area contributed by atoms with Gasteiger partial charge < -0.3 is 4.98 Å². The maximum absolute atomic E-state index is 11.8. The highest BCUT2D eigenvalue weighted by atomic mass is 35.5. The molecular weight excluding hydrogens is 238 g/mol. The van der Waals surface area contributed by atoms with Crippen molar-refractivity contribution < 1.29 is 8.42 Å². The Kier molecular flexibility index (Phi) is 3.75. The largest absolute Gasteiger partial charge is 0.335 e. The van der Waals surface area contributed by atoms with E-state index in [0.717, 1.165) is 0 Å². The highest BCUT2D eigenvalue weighted by Crippen LogP contribution is 2.14. The Morgan fingerprint density at radius 3 is 2.73 bits per heavy atom. The van der Waals surface area contributed by atoms with Crippen LogP contribution in [0.15, 0.2) is 17.6 Å². The molecule has 0 aliphatic heterocycles.